The van der Waals surface area contributed by atoms with Gasteiger partial charge in [0, 0.05) is 17.3 Å². The standard InChI is InChI=1S/C15H21NO2/c1-9-6-10(2)14(11(3)12(9)7-16)17-8-13-15(4,5)18-13/h6-7,13,16H,8H2,1-5H3. The molecule has 1 aliphatic heterocycles. The van der Waals surface area contributed by atoms with E-state index < -0.39 is 0 Å². The topological polar surface area (TPSA) is 45.6 Å². The first-order valence-corrected chi connectivity index (χ1v) is 6.28. The van der Waals surface area contributed by atoms with Crippen LogP contribution in [0.25, 0.3) is 0 Å². The molecule has 0 radical (unpaired) electrons. The summed E-state index contributed by atoms with van der Waals surface area (Å²) in [4.78, 5) is 0. The van der Waals surface area contributed by atoms with E-state index >= 15 is 0 Å². The lowest BCUT2D eigenvalue weighted by atomic mass is 9.99. The summed E-state index contributed by atoms with van der Waals surface area (Å²) >= 11 is 0. The number of epoxide rings is 1. The minimum atomic E-state index is -0.0448. The lowest BCUT2D eigenvalue weighted by Gasteiger charge is -2.15. The third-order valence-electron chi connectivity index (χ3n) is 3.65. The van der Waals surface area contributed by atoms with Crippen molar-refractivity contribution in [2.75, 3.05) is 6.61 Å². The van der Waals surface area contributed by atoms with E-state index in [1.54, 1.807) is 0 Å². The highest BCUT2D eigenvalue weighted by atomic mass is 16.6. The Morgan fingerprint density at radius 3 is 2.44 bits per heavy atom. The molecule has 1 fully saturated rings. The second-order valence-electron chi connectivity index (χ2n) is 5.54. The highest BCUT2D eigenvalue weighted by Gasteiger charge is 2.48. The van der Waals surface area contributed by atoms with Crippen LogP contribution in [0.15, 0.2) is 6.07 Å². The molecule has 2 rings (SSSR count). The van der Waals surface area contributed by atoms with Gasteiger partial charge in [0.1, 0.15) is 18.5 Å². The maximum absolute atomic E-state index is 7.48. The molecule has 0 aromatic heterocycles. The molecule has 1 aromatic rings. The second-order valence-corrected chi connectivity index (χ2v) is 5.54. The monoisotopic (exact) mass is 247 g/mol. The molecule has 0 bridgehead atoms. The molecule has 3 nitrogen and oxygen atoms in total. The van der Waals surface area contributed by atoms with Crippen LogP contribution in [-0.2, 0) is 4.74 Å². The molecule has 1 saturated heterocycles. The summed E-state index contributed by atoms with van der Waals surface area (Å²) in [5.41, 5.74) is 4.19. The van der Waals surface area contributed by atoms with Gasteiger partial charge in [0.15, 0.2) is 0 Å². The molecular weight excluding hydrogens is 226 g/mol. The van der Waals surface area contributed by atoms with E-state index in [9.17, 15) is 0 Å². The van der Waals surface area contributed by atoms with Gasteiger partial charge in [0.05, 0.1) is 5.60 Å². The fourth-order valence-corrected chi connectivity index (χ4v) is 2.35. The molecule has 0 saturated carbocycles. The van der Waals surface area contributed by atoms with Crippen LogP contribution in [0.1, 0.15) is 36.1 Å². The molecule has 0 aliphatic carbocycles. The fourth-order valence-electron chi connectivity index (χ4n) is 2.35. The second kappa shape index (κ2) is 4.39. The highest BCUT2D eigenvalue weighted by molar-refractivity contribution is 5.83. The quantitative estimate of drug-likeness (QED) is 0.656. The zero-order valence-corrected chi connectivity index (χ0v) is 11.8. The minimum absolute atomic E-state index is 0.0448. The van der Waals surface area contributed by atoms with Crippen LogP contribution >= 0.6 is 0 Å². The summed E-state index contributed by atoms with van der Waals surface area (Å²) in [7, 11) is 0. The average molecular weight is 247 g/mol. The Labute approximate surface area is 109 Å². The molecule has 1 heterocycles. The number of hydrogen-bond acceptors (Lipinski definition) is 3. The zero-order valence-electron chi connectivity index (χ0n) is 11.8. The van der Waals surface area contributed by atoms with Crippen molar-refractivity contribution >= 4 is 6.21 Å². The Morgan fingerprint density at radius 2 is 1.94 bits per heavy atom. The van der Waals surface area contributed by atoms with Crippen molar-refractivity contribution in [3.63, 3.8) is 0 Å². The fraction of sp³-hybridized carbons (Fsp3) is 0.533. The van der Waals surface area contributed by atoms with Gasteiger partial charge in [-0.05, 0) is 45.7 Å². The van der Waals surface area contributed by atoms with E-state index in [0.29, 0.717) is 6.61 Å². The SMILES string of the molecule is Cc1cc(C)c(OCC2OC2(C)C)c(C)c1C=N. The Balaban J connectivity index is 2.20. The predicted molar refractivity (Wildman–Crippen MR) is 73.0 cm³/mol. The summed E-state index contributed by atoms with van der Waals surface area (Å²) < 4.78 is 11.4. The van der Waals surface area contributed by atoms with Gasteiger partial charge in [-0.1, -0.05) is 6.07 Å². The molecule has 1 unspecified atom stereocenters. The van der Waals surface area contributed by atoms with Crippen molar-refractivity contribution in [3.05, 3.63) is 28.3 Å². The van der Waals surface area contributed by atoms with Crippen LogP contribution in [0.3, 0.4) is 0 Å². The Kier molecular flexibility index (Phi) is 3.20. The molecule has 1 N–H and O–H groups in total. The molecule has 18 heavy (non-hydrogen) atoms. The first kappa shape index (κ1) is 13.1. The van der Waals surface area contributed by atoms with E-state index in [1.165, 1.54) is 6.21 Å². The predicted octanol–water partition coefficient (Wildman–Crippen LogP) is 3.17. The smallest absolute Gasteiger partial charge is 0.125 e. The van der Waals surface area contributed by atoms with Crippen LogP contribution in [0, 0.1) is 26.2 Å². The van der Waals surface area contributed by atoms with Gasteiger partial charge in [0.2, 0.25) is 0 Å². The van der Waals surface area contributed by atoms with Gasteiger partial charge in [-0.3, -0.25) is 0 Å². The average Bonchev–Trinajstić information content (AvgIpc) is 2.86. The van der Waals surface area contributed by atoms with Gasteiger partial charge >= 0.3 is 0 Å². The maximum Gasteiger partial charge on any atom is 0.125 e. The van der Waals surface area contributed by atoms with Crippen LogP contribution in [-0.4, -0.2) is 24.5 Å². The molecule has 1 aromatic carbocycles. The Bertz CT molecular complexity index is 492. The van der Waals surface area contributed by atoms with Crippen LogP contribution in [0.5, 0.6) is 5.75 Å². The first-order chi connectivity index (χ1) is 8.36. The van der Waals surface area contributed by atoms with E-state index in [1.807, 2.05) is 20.8 Å². The Morgan fingerprint density at radius 1 is 1.33 bits per heavy atom. The molecule has 0 spiro atoms. The van der Waals surface area contributed by atoms with Crippen molar-refractivity contribution in [2.45, 2.75) is 46.3 Å². The molecule has 3 heteroatoms. The largest absolute Gasteiger partial charge is 0.490 e. The summed E-state index contributed by atoms with van der Waals surface area (Å²) in [6, 6.07) is 2.07. The zero-order chi connectivity index (χ0) is 13.5. The van der Waals surface area contributed by atoms with Crippen LogP contribution < -0.4 is 4.74 Å². The van der Waals surface area contributed by atoms with Crippen molar-refractivity contribution < 1.29 is 9.47 Å². The summed E-state index contributed by atoms with van der Waals surface area (Å²) in [5, 5.41) is 7.48. The van der Waals surface area contributed by atoms with E-state index in [-0.39, 0.29) is 11.7 Å². The number of ether oxygens (including phenoxy) is 2. The van der Waals surface area contributed by atoms with E-state index in [4.69, 9.17) is 14.9 Å². The number of nitrogens with one attached hydrogen (secondary N) is 1. The van der Waals surface area contributed by atoms with Crippen molar-refractivity contribution in [1.29, 1.82) is 5.41 Å². The third-order valence-corrected chi connectivity index (χ3v) is 3.65. The normalized spacial score (nSPS) is 20.6. The number of aryl methyl sites for hydroxylation is 2. The van der Waals surface area contributed by atoms with Crippen LogP contribution in [0.2, 0.25) is 0 Å². The molecule has 1 atom stereocenters. The number of hydrogen-bond donors (Lipinski definition) is 1. The molecular formula is C15H21NO2. The van der Waals surface area contributed by atoms with E-state index in [2.05, 4.69) is 19.9 Å². The van der Waals surface area contributed by atoms with Crippen LogP contribution in [0.4, 0.5) is 0 Å². The minimum Gasteiger partial charge on any atom is -0.490 e. The summed E-state index contributed by atoms with van der Waals surface area (Å²) in [6.45, 7) is 10.8. The first-order valence-electron chi connectivity index (χ1n) is 6.28. The molecule has 0 amide bonds. The van der Waals surface area contributed by atoms with Gasteiger partial charge < -0.3 is 14.9 Å². The maximum atomic E-state index is 7.48. The lowest BCUT2D eigenvalue weighted by Crippen LogP contribution is -2.13. The Hall–Kier alpha value is -1.35. The highest BCUT2D eigenvalue weighted by Crippen LogP contribution is 2.36. The van der Waals surface area contributed by atoms with Gasteiger partial charge in [-0.2, -0.15) is 0 Å². The molecule has 98 valence electrons. The summed E-state index contributed by atoms with van der Waals surface area (Å²) in [6.07, 6.45) is 1.58. The van der Waals surface area contributed by atoms with Gasteiger partial charge in [-0.25, -0.2) is 0 Å². The number of benzene rings is 1. The third kappa shape index (κ3) is 2.27. The number of rotatable bonds is 4. The van der Waals surface area contributed by atoms with Crippen molar-refractivity contribution in [2.24, 2.45) is 0 Å². The lowest BCUT2D eigenvalue weighted by molar-refractivity contribution is 0.252. The van der Waals surface area contributed by atoms with Gasteiger partial charge in [0.25, 0.3) is 0 Å². The van der Waals surface area contributed by atoms with Crippen molar-refractivity contribution in [3.8, 4) is 5.75 Å². The van der Waals surface area contributed by atoms with Gasteiger partial charge in [-0.15, -0.1) is 0 Å². The van der Waals surface area contributed by atoms with E-state index in [0.717, 1.165) is 28.0 Å². The molecule has 1 aliphatic rings. The van der Waals surface area contributed by atoms with Crippen molar-refractivity contribution in [1.82, 2.24) is 0 Å². The summed E-state index contributed by atoms with van der Waals surface area (Å²) in [5.74, 6) is 0.894.